The van der Waals surface area contributed by atoms with E-state index in [4.69, 9.17) is 9.47 Å². The largest absolute Gasteiger partial charge is 0.497 e. The van der Waals surface area contributed by atoms with Gasteiger partial charge < -0.3 is 19.7 Å². The summed E-state index contributed by atoms with van der Waals surface area (Å²) in [7, 11) is 3.28. The zero-order valence-corrected chi connectivity index (χ0v) is 21.2. The third kappa shape index (κ3) is 7.42. The van der Waals surface area contributed by atoms with Crippen LogP contribution >= 0.6 is 11.8 Å². The Morgan fingerprint density at radius 3 is 2.06 bits per heavy atom. The molecule has 34 heavy (non-hydrogen) atoms. The van der Waals surface area contributed by atoms with Crippen molar-refractivity contribution in [1.82, 2.24) is 10.2 Å². The Labute approximate surface area is 207 Å². The van der Waals surface area contributed by atoms with Crippen LogP contribution in [-0.2, 0) is 21.9 Å². The highest BCUT2D eigenvalue weighted by atomic mass is 32.2. The highest BCUT2D eigenvalue weighted by Crippen LogP contribution is 2.22. The Morgan fingerprint density at radius 2 is 1.53 bits per heavy atom. The van der Waals surface area contributed by atoms with Crippen LogP contribution < -0.4 is 14.8 Å². The first-order valence-electron chi connectivity index (χ1n) is 12.0. The van der Waals surface area contributed by atoms with Gasteiger partial charge in [-0.1, -0.05) is 44.0 Å². The van der Waals surface area contributed by atoms with E-state index >= 15 is 0 Å². The van der Waals surface area contributed by atoms with Crippen molar-refractivity contribution < 1.29 is 19.1 Å². The Kier molecular flexibility index (Phi) is 10.1. The molecule has 0 aliphatic heterocycles. The van der Waals surface area contributed by atoms with Crippen molar-refractivity contribution in [3.05, 3.63) is 59.7 Å². The number of hydrogen-bond acceptors (Lipinski definition) is 5. The van der Waals surface area contributed by atoms with Crippen LogP contribution in [0.5, 0.6) is 11.5 Å². The highest BCUT2D eigenvalue weighted by molar-refractivity contribution is 7.99. The minimum atomic E-state index is -0.489. The molecule has 0 heterocycles. The average molecular weight is 485 g/mol. The molecule has 1 aliphatic rings. The molecule has 0 saturated heterocycles. The molecule has 184 valence electrons. The Morgan fingerprint density at radius 1 is 0.971 bits per heavy atom. The van der Waals surface area contributed by atoms with Crippen molar-refractivity contribution in [1.29, 1.82) is 0 Å². The van der Waals surface area contributed by atoms with E-state index < -0.39 is 6.04 Å². The van der Waals surface area contributed by atoms with E-state index in [0.717, 1.165) is 54.1 Å². The minimum Gasteiger partial charge on any atom is -0.497 e. The number of nitrogens with one attached hydrogen (secondary N) is 1. The normalized spacial score (nSPS) is 14.4. The van der Waals surface area contributed by atoms with Crippen LogP contribution in [-0.4, -0.2) is 48.8 Å². The lowest BCUT2D eigenvalue weighted by Crippen LogP contribution is -2.51. The molecular formula is C27H36N2O4S. The third-order valence-corrected chi connectivity index (χ3v) is 7.24. The van der Waals surface area contributed by atoms with Gasteiger partial charge in [-0.25, -0.2) is 0 Å². The Balaban J connectivity index is 1.68. The van der Waals surface area contributed by atoms with Crippen molar-refractivity contribution in [3.8, 4) is 11.5 Å². The summed E-state index contributed by atoms with van der Waals surface area (Å²) in [6.45, 7) is 2.36. The fraction of sp³-hybridized carbons (Fsp3) is 0.481. The first kappa shape index (κ1) is 25.9. The Bertz CT molecular complexity index is 911. The van der Waals surface area contributed by atoms with Crippen LogP contribution in [0.1, 0.15) is 50.2 Å². The second-order valence-electron chi connectivity index (χ2n) is 8.62. The number of hydrogen-bond donors (Lipinski definition) is 1. The summed E-state index contributed by atoms with van der Waals surface area (Å²) in [4.78, 5) is 28.3. The van der Waals surface area contributed by atoms with Crippen LogP contribution in [0.15, 0.2) is 48.5 Å². The van der Waals surface area contributed by atoms with Crippen LogP contribution in [0.3, 0.4) is 0 Å². The molecule has 6 nitrogen and oxygen atoms in total. The SMILES string of the molecule is CCC(C(=O)NC1CCCC1)N(Cc1ccc(OC)cc1)C(=O)CSCc1ccc(OC)cc1. The van der Waals surface area contributed by atoms with Gasteiger partial charge in [0.05, 0.1) is 20.0 Å². The number of thioether (sulfide) groups is 1. The summed E-state index contributed by atoms with van der Waals surface area (Å²) in [6, 6.07) is 15.3. The number of benzene rings is 2. The van der Waals surface area contributed by atoms with E-state index in [2.05, 4.69) is 5.32 Å². The third-order valence-electron chi connectivity index (χ3n) is 6.25. The monoisotopic (exact) mass is 484 g/mol. The number of nitrogens with zero attached hydrogens (tertiary/aromatic N) is 1. The maximum atomic E-state index is 13.4. The fourth-order valence-electron chi connectivity index (χ4n) is 4.28. The zero-order valence-electron chi connectivity index (χ0n) is 20.4. The molecular weight excluding hydrogens is 448 g/mol. The van der Waals surface area contributed by atoms with Gasteiger partial charge in [0.1, 0.15) is 17.5 Å². The number of rotatable bonds is 12. The molecule has 1 aliphatic carbocycles. The molecule has 2 aromatic carbocycles. The lowest BCUT2D eigenvalue weighted by atomic mass is 10.1. The molecule has 7 heteroatoms. The molecule has 0 bridgehead atoms. The van der Waals surface area contributed by atoms with E-state index in [1.165, 1.54) is 0 Å². The number of carbonyl (C=O) groups is 2. The maximum Gasteiger partial charge on any atom is 0.243 e. The number of ether oxygens (including phenoxy) is 2. The lowest BCUT2D eigenvalue weighted by Gasteiger charge is -2.31. The summed E-state index contributed by atoms with van der Waals surface area (Å²) < 4.78 is 10.5. The van der Waals surface area contributed by atoms with Gasteiger partial charge in [-0.05, 0) is 54.7 Å². The molecule has 1 atom stereocenters. The van der Waals surface area contributed by atoms with Gasteiger partial charge in [0.15, 0.2) is 0 Å². The first-order chi connectivity index (χ1) is 16.5. The minimum absolute atomic E-state index is 0.0252. The number of methoxy groups -OCH3 is 2. The summed E-state index contributed by atoms with van der Waals surface area (Å²) >= 11 is 1.56. The highest BCUT2D eigenvalue weighted by Gasteiger charge is 2.30. The van der Waals surface area contributed by atoms with Crippen molar-refractivity contribution in [2.24, 2.45) is 0 Å². The molecule has 1 unspecified atom stereocenters. The number of carbonyl (C=O) groups excluding carboxylic acids is 2. The molecule has 1 fully saturated rings. The zero-order chi connectivity index (χ0) is 24.3. The summed E-state index contributed by atoms with van der Waals surface area (Å²) in [5.74, 6) is 2.54. The molecule has 0 radical (unpaired) electrons. The van der Waals surface area contributed by atoms with E-state index in [1.807, 2.05) is 55.5 Å². The van der Waals surface area contributed by atoms with Crippen molar-refractivity contribution in [2.75, 3.05) is 20.0 Å². The number of amides is 2. The van der Waals surface area contributed by atoms with E-state index in [1.54, 1.807) is 30.9 Å². The van der Waals surface area contributed by atoms with E-state index in [0.29, 0.717) is 18.7 Å². The fourth-order valence-corrected chi connectivity index (χ4v) is 5.15. The standard InChI is InChI=1S/C27H36N2O4S/c1-4-25(27(31)28-22-7-5-6-8-22)29(17-20-9-13-23(32-2)14-10-20)26(30)19-34-18-21-11-15-24(33-3)16-12-21/h9-16,22,25H,4-8,17-19H2,1-3H3,(H,28,31). The van der Waals surface area contributed by atoms with Crippen molar-refractivity contribution >= 4 is 23.6 Å². The van der Waals surface area contributed by atoms with Gasteiger partial charge in [-0.2, -0.15) is 0 Å². The molecule has 0 spiro atoms. The van der Waals surface area contributed by atoms with Crippen molar-refractivity contribution in [2.45, 2.75) is 63.4 Å². The van der Waals surface area contributed by atoms with Crippen molar-refractivity contribution in [3.63, 3.8) is 0 Å². The molecule has 2 amide bonds. The van der Waals surface area contributed by atoms with Crippen LogP contribution in [0.4, 0.5) is 0 Å². The molecule has 1 N–H and O–H groups in total. The summed E-state index contributed by atoms with van der Waals surface area (Å²) in [6.07, 6.45) is 4.92. The topological polar surface area (TPSA) is 67.9 Å². The molecule has 2 aromatic rings. The van der Waals surface area contributed by atoms with Gasteiger partial charge in [0.25, 0.3) is 0 Å². The Hall–Kier alpha value is -2.67. The molecule has 0 aromatic heterocycles. The average Bonchev–Trinajstić information content (AvgIpc) is 3.37. The quantitative estimate of drug-likeness (QED) is 0.469. The second-order valence-corrected chi connectivity index (χ2v) is 9.61. The van der Waals surface area contributed by atoms with Gasteiger partial charge in [0.2, 0.25) is 11.8 Å². The first-order valence-corrected chi connectivity index (χ1v) is 13.1. The summed E-state index contributed by atoms with van der Waals surface area (Å²) in [5.41, 5.74) is 2.10. The molecule has 1 saturated carbocycles. The lowest BCUT2D eigenvalue weighted by molar-refractivity contribution is -0.139. The van der Waals surface area contributed by atoms with Gasteiger partial charge >= 0.3 is 0 Å². The second kappa shape index (κ2) is 13.3. The van der Waals surface area contributed by atoms with Crippen LogP contribution in [0.25, 0.3) is 0 Å². The van der Waals surface area contributed by atoms with Gasteiger partial charge in [-0.15, -0.1) is 11.8 Å². The van der Waals surface area contributed by atoms with Crippen LogP contribution in [0, 0.1) is 0 Å². The van der Waals surface area contributed by atoms with Gasteiger partial charge in [-0.3, -0.25) is 9.59 Å². The summed E-state index contributed by atoms with van der Waals surface area (Å²) in [5, 5.41) is 3.19. The van der Waals surface area contributed by atoms with E-state index in [9.17, 15) is 9.59 Å². The predicted octanol–water partition coefficient (Wildman–Crippen LogP) is 4.80. The smallest absolute Gasteiger partial charge is 0.243 e. The molecule has 3 rings (SSSR count). The van der Waals surface area contributed by atoms with Crippen LogP contribution in [0.2, 0.25) is 0 Å². The van der Waals surface area contributed by atoms with Gasteiger partial charge in [0, 0.05) is 18.3 Å². The van der Waals surface area contributed by atoms with E-state index in [-0.39, 0.29) is 17.9 Å². The predicted molar refractivity (Wildman–Crippen MR) is 137 cm³/mol. The maximum absolute atomic E-state index is 13.4.